The summed E-state index contributed by atoms with van der Waals surface area (Å²) < 4.78 is 0. The van der Waals surface area contributed by atoms with Gasteiger partial charge in [0.25, 0.3) is 0 Å². The summed E-state index contributed by atoms with van der Waals surface area (Å²) in [6.45, 7) is 11.5. The van der Waals surface area contributed by atoms with Crippen LogP contribution < -0.4 is 5.32 Å². The number of unbranched alkanes of at least 4 members (excludes halogenated alkanes) is 1. The first-order valence-corrected chi connectivity index (χ1v) is 8.48. The van der Waals surface area contributed by atoms with E-state index >= 15 is 0 Å². The Hall–Kier alpha value is -1.38. The Balaban J connectivity index is 2.50. The first-order chi connectivity index (χ1) is 10.3. The lowest BCUT2D eigenvalue weighted by Crippen LogP contribution is -2.37. The first-order valence-electron chi connectivity index (χ1n) is 8.48. The van der Waals surface area contributed by atoms with Crippen molar-refractivity contribution >= 4 is 5.91 Å². The third-order valence-electron chi connectivity index (χ3n) is 4.06. The van der Waals surface area contributed by atoms with Crippen molar-refractivity contribution in [3.05, 3.63) is 30.1 Å². The zero-order chi connectivity index (χ0) is 16.6. The van der Waals surface area contributed by atoms with Crippen LogP contribution in [0.1, 0.15) is 66.0 Å². The lowest BCUT2D eigenvalue weighted by atomic mass is 9.77. The van der Waals surface area contributed by atoms with Gasteiger partial charge in [-0.1, -0.05) is 59.9 Å². The Kier molecular flexibility index (Phi) is 7.57. The molecule has 0 saturated carbocycles. The molecule has 0 saturated heterocycles. The quantitative estimate of drug-likeness (QED) is 0.714. The minimum atomic E-state index is -0.00791. The minimum Gasteiger partial charge on any atom is -0.350 e. The summed E-state index contributed by atoms with van der Waals surface area (Å²) in [6.07, 6.45) is 6.29. The number of amides is 1. The molecule has 1 atom stereocenters. The molecule has 0 radical (unpaired) electrons. The highest BCUT2D eigenvalue weighted by atomic mass is 16.1. The van der Waals surface area contributed by atoms with Crippen molar-refractivity contribution in [3.63, 3.8) is 0 Å². The summed E-state index contributed by atoms with van der Waals surface area (Å²) in [5.41, 5.74) is 0.898. The van der Waals surface area contributed by atoms with Crippen molar-refractivity contribution in [3.8, 4) is 0 Å². The highest BCUT2D eigenvalue weighted by Crippen LogP contribution is 2.31. The average molecular weight is 304 g/mol. The molecular weight excluding hydrogens is 272 g/mol. The van der Waals surface area contributed by atoms with Crippen LogP contribution in [0, 0.1) is 17.3 Å². The molecule has 1 rings (SSSR count). The smallest absolute Gasteiger partial charge is 0.223 e. The van der Waals surface area contributed by atoms with Gasteiger partial charge in [-0.2, -0.15) is 0 Å². The van der Waals surface area contributed by atoms with Crippen LogP contribution in [-0.2, 0) is 11.3 Å². The predicted octanol–water partition coefficient (Wildman–Crippen LogP) is 4.58. The third kappa shape index (κ3) is 7.06. The van der Waals surface area contributed by atoms with Gasteiger partial charge in [-0.25, -0.2) is 0 Å². The molecule has 0 fully saturated rings. The monoisotopic (exact) mass is 304 g/mol. The molecule has 1 amide bonds. The van der Waals surface area contributed by atoms with Crippen LogP contribution in [0.3, 0.4) is 0 Å². The molecule has 3 nitrogen and oxygen atoms in total. The van der Waals surface area contributed by atoms with Gasteiger partial charge in [0.15, 0.2) is 0 Å². The Morgan fingerprint density at radius 3 is 2.41 bits per heavy atom. The highest BCUT2D eigenvalue weighted by Gasteiger charge is 2.30. The number of carbonyl (C=O) groups excluding carboxylic acids is 1. The van der Waals surface area contributed by atoms with Gasteiger partial charge in [-0.05, 0) is 29.9 Å². The molecule has 0 spiro atoms. The normalized spacial score (nSPS) is 13.2. The van der Waals surface area contributed by atoms with Gasteiger partial charge >= 0.3 is 0 Å². The van der Waals surface area contributed by atoms with Crippen LogP contribution in [0.15, 0.2) is 24.4 Å². The highest BCUT2D eigenvalue weighted by molar-refractivity contribution is 5.79. The van der Waals surface area contributed by atoms with Crippen LogP contribution >= 0.6 is 0 Å². The molecule has 0 aliphatic rings. The summed E-state index contributed by atoms with van der Waals surface area (Å²) in [6, 6.07) is 5.77. The predicted molar refractivity (Wildman–Crippen MR) is 92.3 cm³/mol. The Morgan fingerprint density at radius 2 is 1.86 bits per heavy atom. The summed E-state index contributed by atoms with van der Waals surface area (Å²) in [5, 5.41) is 3.05. The van der Waals surface area contributed by atoms with Crippen LogP contribution in [0.2, 0.25) is 0 Å². The van der Waals surface area contributed by atoms with Crippen molar-refractivity contribution in [2.24, 2.45) is 17.3 Å². The zero-order valence-corrected chi connectivity index (χ0v) is 14.9. The number of rotatable bonds is 8. The van der Waals surface area contributed by atoms with Crippen LogP contribution in [-0.4, -0.2) is 10.9 Å². The summed E-state index contributed by atoms with van der Waals surface area (Å²) in [5.74, 6) is 0.956. The molecule has 0 aliphatic heterocycles. The van der Waals surface area contributed by atoms with E-state index in [1.807, 2.05) is 18.2 Å². The lowest BCUT2D eigenvalue weighted by Gasteiger charge is -2.29. The van der Waals surface area contributed by atoms with Crippen molar-refractivity contribution in [2.75, 3.05) is 0 Å². The molecule has 1 aromatic heterocycles. The Bertz CT molecular complexity index is 434. The maximum absolute atomic E-state index is 12.6. The maximum atomic E-state index is 12.6. The van der Waals surface area contributed by atoms with E-state index in [4.69, 9.17) is 0 Å². The minimum absolute atomic E-state index is 0.00791. The number of pyridine rings is 1. The van der Waals surface area contributed by atoms with Gasteiger partial charge in [0.05, 0.1) is 12.2 Å². The fraction of sp³-hybridized carbons (Fsp3) is 0.684. The lowest BCUT2D eigenvalue weighted by molar-refractivity contribution is -0.128. The third-order valence-corrected chi connectivity index (χ3v) is 4.06. The van der Waals surface area contributed by atoms with Crippen molar-refractivity contribution in [2.45, 2.75) is 66.8 Å². The molecule has 1 N–H and O–H groups in total. The number of nitrogens with one attached hydrogen (secondary N) is 1. The fourth-order valence-electron chi connectivity index (χ4n) is 2.66. The number of hydrogen-bond acceptors (Lipinski definition) is 2. The molecule has 1 heterocycles. The van der Waals surface area contributed by atoms with Crippen molar-refractivity contribution in [1.29, 1.82) is 0 Å². The van der Waals surface area contributed by atoms with Crippen molar-refractivity contribution < 1.29 is 4.79 Å². The molecule has 0 aromatic carbocycles. The van der Waals surface area contributed by atoms with Gasteiger partial charge in [-0.15, -0.1) is 0 Å². The van der Waals surface area contributed by atoms with Gasteiger partial charge in [-0.3, -0.25) is 9.78 Å². The molecule has 22 heavy (non-hydrogen) atoms. The number of nitrogens with zero attached hydrogens (tertiary/aromatic N) is 1. The molecule has 1 unspecified atom stereocenters. The van der Waals surface area contributed by atoms with Crippen molar-refractivity contribution in [1.82, 2.24) is 10.3 Å². The zero-order valence-electron chi connectivity index (χ0n) is 14.9. The Morgan fingerprint density at radius 1 is 1.18 bits per heavy atom. The largest absolute Gasteiger partial charge is 0.350 e. The van der Waals surface area contributed by atoms with E-state index in [2.05, 4.69) is 44.9 Å². The van der Waals surface area contributed by atoms with Gasteiger partial charge < -0.3 is 5.32 Å². The number of hydrogen-bond donors (Lipinski definition) is 1. The van der Waals surface area contributed by atoms with Gasteiger partial charge in [0.2, 0.25) is 5.91 Å². The second-order valence-corrected chi connectivity index (χ2v) is 7.64. The van der Waals surface area contributed by atoms with E-state index in [1.165, 1.54) is 12.8 Å². The topological polar surface area (TPSA) is 42.0 Å². The molecule has 3 heteroatoms. The first kappa shape index (κ1) is 18.7. The van der Waals surface area contributed by atoms with E-state index in [1.54, 1.807) is 6.20 Å². The van der Waals surface area contributed by atoms with Gasteiger partial charge in [0.1, 0.15) is 0 Å². The SMILES string of the molecule is CC(C)CCCCC(C(=O)NCc1ccccn1)C(C)(C)C. The van der Waals surface area contributed by atoms with Crippen LogP contribution in [0.25, 0.3) is 0 Å². The molecule has 124 valence electrons. The molecular formula is C19H32N2O. The maximum Gasteiger partial charge on any atom is 0.223 e. The van der Waals surface area contributed by atoms with Crippen LogP contribution in [0.5, 0.6) is 0 Å². The summed E-state index contributed by atoms with van der Waals surface area (Å²) in [4.78, 5) is 16.8. The average Bonchev–Trinajstić information content (AvgIpc) is 2.44. The second kappa shape index (κ2) is 8.92. The van der Waals surface area contributed by atoms with E-state index in [-0.39, 0.29) is 17.2 Å². The Labute approximate surface area is 135 Å². The number of aromatic nitrogens is 1. The number of carbonyl (C=O) groups is 1. The molecule has 0 bridgehead atoms. The van der Waals surface area contributed by atoms with Crippen LogP contribution in [0.4, 0.5) is 0 Å². The second-order valence-electron chi connectivity index (χ2n) is 7.64. The van der Waals surface area contributed by atoms with E-state index in [0.29, 0.717) is 6.54 Å². The molecule has 0 aliphatic carbocycles. The van der Waals surface area contributed by atoms with Gasteiger partial charge in [0, 0.05) is 12.1 Å². The fourth-order valence-corrected chi connectivity index (χ4v) is 2.66. The van der Waals surface area contributed by atoms with E-state index in [0.717, 1.165) is 24.5 Å². The summed E-state index contributed by atoms with van der Waals surface area (Å²) >= 11 is 0. The standard InChI is InChI=1S/C19H32N2O/c1-15(2)10-6-7-12-17(19(3,4)5)18(22)21-14-16-11-8-9-13-20-16/h8-9,11,13,15,17H,6-7,10,12,14H2,1-5H3,(H,21,22). The molecule has 1 aromatic rings. The van der Waals surface area contributed by atoms with E-state index < -0.39 is 0 Å². The summed E-state index contributed by atoms with van der Waals surface area (Å²) in [7, 11) is 0. The van der Waals surface area contributed by atoms with E-state index in [9.17, 15) is 4.79 Å².